The lowest BCUT2D eigenvalue weighted by Gasteiger charge is -2.10. The van der Waals surface area contributed by atoms with Crippen LogP contribution in [0.3, 0.4) is 0 Å². The summed E-state index contributed by atoms with van der Waals surface area (Å²) >= 11 is 3.29. The zero-order valence-electron chi connectivity index (χ0n) is 16.0. The summed E-state index contributed by atoms with van der Waals surface area (Å²) in [6.45, 7) is 2.05. The molecule has 1 fully saturated rings. The first kappa shape index (κ1) is 18.4. The maximum atomic E-state index is 5.93. The molecular weight excluding hydrogens is 406 g/mol. The third kappa shape index (κ3) is 3.67. The second-order valence-corrected chi connectivity index (χ2v) is 9.07. The topological polar surface area (TPSA) is 78.9 Å². The third-order valence-electron chi connectivity index (χ3n) is 4.73. The van der Waals surface area contributed by atoms with Crippen LogP contribution in [0.15, 0.2) is 51.4 Å². The zero-order valence-corrected chi connectivity index (χ0v) is 17.6. The average Bonchev–Trinajstić information content (AvgIpc) is 3.17. The van der Waals surface area contributed by atoms with Crippen molar-refractivity contribution in [2.75, 3.05) is 7.11 Å². The molecule has 1 aromatic carbocycles. The van der Waals surface area contributed by atoms with E-state index in [0.29, 0.717) is 17.8 Å². The maximum Gasteiger partial charge on any atom is 0.247 e. The molecule has 1 saturated carbocycles. The van der Waals surface area contributed by atoms with Gasteiger partial charge in [0.15, 0.2) is 11.0 Å². The lowest BCUT2D eigenvalue weighted by atomic mass is 10.2. The number of ether oxygens (including phenoxy) is 1. The molecule has 3 heterocycles. The van der Waals surface area contributed by atoms with Crippen molar-refractivity contribution < 1.29 is 9.15 Å². The summed E-state index contributed by atoms with van der Waals surface area (Å²) in [7, 11) is 1.64. The molecule has 4 aromatic rings. The van der Waals surface area contributed by atoms with Crippen LogP contribution in [0.1, 0.15) is 36.9 Å². The number of rotatable bonds is 7. The number of methoxy groups -OCH3 is 1. The minimum atomic E-state index is -0.0348. The van der Waals surface area contributed by atoms with Crippen molar-refractivity contribution in [3.63, 3.8) is 0 Å². The minimum Gasteiger partial charge on any atom is -0.497 e. The first-order valence-corrected chi connectivity index (χ1v) is 11.1. The van der Waals surface area contributed by atoms with E-state index in [-0.39, 0.29) is 5.25 Å². The van der Waals surface area contributed by atoms with Gasteiger partial charge in [0.05, 0.1) is 17.2 Å². The fourth-order valence-corrected chi connectivity index (χ4v) is 4.71. The molecule has 5 rings (SSSR count). The first-order chi connectivity index (χ1) is 14.2. The Morgan fingerprint density at radius 1 is 1.14 bits per heavy atom. The Labute approximate surface area is 176 Å². The standard InChI is InChI=1S/C20H19N5O2S2/c1-12(18-22-23-19(27-18)13-5-9-15(26-2)10-6-13)29-20-24-21-17(16-4-3-11-28-16)25(20)14-7-8-14/h3-6,9-12,14H,7-8H2,1-2H3/t12-/m0/s1. The van der Waals surface area contributed by atoms with Crippen LogP contribution in [0.5, 0.6) is 5.75 Å². The Hall–Kier alpha value is -2.65. The second-order valence-electron chi connectivity index (χ2n) is 6.82. The van der Waals surface area contributed by atoms with Crippen LogP contribution in [0.2, 0.25) is 0 Å². The number of nitrogens with zero attached hydrogens (tertiary/aromatic N) is 5. The van der Waals surface area contributed by atoms with Crippen LogP contribution < -0.4 is 4.74 Å². The van der Waals surface area contributed by atoms with Crippen LogP contribution in [-0.4, -0.2) is 32.1 Å². The molecule has 0 saturated heterocycles. The summed E-state index contributed by atoms with van der Waals surface area (Å²) in [5.74, 6) is 2.81. The molecule has 0 aliphatic heterocycles. The lowest BCUT2D eigenvalue weighted by Crippen LogP contribution is -2.00. The van der Waals surface area contributed by atoms with Crippen LogP contribution in [0, 0.1) is 0 Å². The highest BCUT2D eigenvalue weighted by molar-refractivity contribution is 7.99. The van der Waals surface area contributed by atoms with E-state index in [0.717, 1.165) is 27.2 Å². The highest BCUT2D eigenvalue weighted by Gasteiger charge is 2.31. The molecule has 1 aliphatic carbocycles. The number of benzene rings is 1. The van der Waals surface area contributed by atoms with Crippen LogP contribution >= 0.6 is 23.1 Å². The smallest absolute Gasteiger partial charge is 0.247 e. The van der Waals surface area contributed by atoms with Gasteiger partial charge in [-0.15, -0.1) is 31.7 Å². The van der Waals surface area contributed by atoms with Crippen LogP contribution in [0.25, 0.3) is 22.2 Å². The molecule has 0 spiro atoms. The van der Waals surface area contributed by atoms with Gasteiger partial charge in [0.2, 0.25) is 11.8 Å². The van der Waals surface area contributed by atoms with Gasteiger partial charge in [0.25, 0.3) is 0 Å². The zero-order chi connectivity index (χ0) is 19.8. The molecule has 9 heteroatoms. The van der Waals surface area contributed by atoms with Gasteiger partial charge >= 0.3 is 0 Å². The van der Waals surface area contributed by atoms with Gasteiger partial charge in [-0.05, 0) is 55.5 Å². The largest absolute Gasteiger partial charge is 0.497 e. The number of hydrogen-bond acceptors (Lipinski definition) is 8. The van der Waals surface area contributed by atoms with Crippen LogP contribution in [0.4, 0.5) is 0 Å². The Kier molecular flexibility index (Phi) is 4.84. The second kappa shape index (κ2) is 7.64. The quantitative estimate of drug-likeness (QED) is 0.374. The summed E-state index contributed by atoms with van der Waals surface area (Å²) < 4.78 is 13.4. The molecule has 0 unspecified atom stereocenters. The first-order valence-electron chi connectivity index (χ1n) is 9.36. The minimum absolute atomic E-state index is 0.0348. The summed E-state index contributed by atoms with van der Waals surface area (Å²) in [5, 5.41) is 20.3. The molecule has 1 aliphatic rings. The molecule has 7 nitrogen and oxygen atoms in total. The number of hydrogen-bond donors (Lipinski definition) is 0. The molecule has 0 radical (unpaired) electrons. The highest BCUT2D eigenvalue weighted by atomic mass is 32.2. The van der Waals surface area contributed by atoms with Gasteiger partial charge < -0.3 is 9.15 Å². The number of thioether (sulfide) groups is 1. The van der Waals surface area contributed by atoms with E-state index in [4.69, 9.17) is 9.15 Å². The Morgan fingerprint density at radius 3 is 2.66 bits per heavy atom. The van der Waals surface area contributed by atoms with Crippen molar-refractivity contribution in [1.82, 2.24) is 25.0 Å². The van der Waals surface area contributed by atoms with E-state index >= 15 is 0 Å². The Balaban J connectivity index is 1.37. The summed E-state index contributed by atoms with van der Waals surface area (Å²) in [6.07, 6.45) is 2.33. The summed E-state index contributed by atoms with van der Waals surface area (Å²) in [4.78, 5) is 1.14. The Bertz CT molecular complexity index is 1100. The van der Waals surface area contributed by atoms with Gasteiger partial charge in [-0.25, -0.2) is 0 Å². The molecule has 29 heavy (non-hydrogen) atoms. The summed E-state index contributed by atoms with van der Waals surface area (Å²) in [6, 6.07) is 12.2. The third-order valence-corrected chi connectivity index (χ3v) is 6.64. The summed E-state index contributed by atoms with van der Waals surface area (Å²) in [5.41, 5.74) is 0.864. The molecule has 1 atom stereocenters. The SMILES string of the molecule is COc1ccc(-c2nnc([C@H](C)Sc3nnc(-c4cccs4)n3C3CC3)o2)cc1. The van der Waals surface area contributed by atoms with Crippen molar-refractivity contribution in [3.05, 3.63) is 47.7 Å². The van der Waals surface area contributed by atoms with E-state index in [9.17, 15) is 0 Å². The van der Waals surface area contributed by atoms with Gasteiger partial charge in [-0.1, -0.05) is 17.8 Å². The van der Waals surface area contributed by atoms with Crippen molar-refractivity contribution >= 4 is 23.1 Å². The van der Waals surface area contributed by atoms with Crippen molar-refractivity contribution in [3.8, 4) is 27.9 Å². The normalized spacial score (nSPS) is 14.8. The van der Waals surface area contributed by atoms with E-state index < -0.39 is 0 Å². The fourth-order valence-electron chi connectivity index (χ4n) is 3.05. The van der Waals surface area contributed by atoms with Gasteiger partial charge in [0, 0.05) is 11.6 Å². The lowest BCUT2D eigenvalue weighted by molar-refractivity contribution is 0.415. The number of thiophene rings is 1. The van der Waals surface area contributed by atoms with E-state index in [2.05, 4.69) is 36.4 Å². The fraction of sp³-hybridized carbons (Fsp3) is 0.300. The molecule has 0 amide bonds. The monoisotopic (exact) mass is 425 g/mol. The average molecular weight is 426 g/mol. The molecule has 0 bridgehead atoms. The Morgan fingerprint density at radius 2 is 1.97 bits per heavy atom. The van der Waals surface area contributed by atoms with Crippen LogP contribution in [-0.2, 0) is 0 Å². The van der Waals surface area contributed by atoms with E-state index in [1.54, 1.807) is 30.2 Å². The van der Waals surface area contributed by atoms with Gasteiger partial charge in [-0.3, -0.25) is 4.57 Å². The van der Waals surface area contributed by atoms with Gasteiger partial charge in [0.1, 0.15) is 5.75 Å². The van der Waals surface area contributed by atoms with Crippen molar-refractivity contribution in [2.45, 2.75) is 36.2 Å². The molecule has 0 N–H and O–H groups in total. The predicted molar refractivity (Wildman–Crippen MR) is 112 cm³/mol. The van der Waals surface area contributed by atoms with E-state index in [1.165, 1.54) is 12.8 Å². The predicted octanol–water partition coefficient (Wildman–Crippen LogP) is 5.25. The van der Waals surface area contributed by atoms with E-state index in [1.807, 2.05) is 37.3 Å². The van der Waals surface area contributed by atoms with Crippen molar-refractivity contribution in [2.24, 2.45) is 0 Å². The maximum absolute atomic E-state index is 5.93. The molecular formula is C20H19N5O2S2. The molecule has 148 valence electrons. The highest BCUT2D eigenvalue weighted by Crippen LogP contribution is 2.44. The van der Waals surface area contributed by atoms with Crippen molar-refractivity contribution in [1.29, 1.82) is 0 Å². The van der Waals surface area contributed by atoms with Gasteiger partial charge in [-0.2, -0.15) is 0 Å². The number of aromatic nitrogens is 5. The molecule has 3 aromatic heterocycles.